The van der Waals surface area contributed by atoms with E-state index >= 15 is 0 Å². The number of aryl methyl sites for hydroxylation is 1. The van der Waals surface area contributed by atoms with Gasteiger partial charge < -0.3 is 0 Å². The molecule has 1 atom stereocenters. The van der Waals surface area contributed by atoms with E-state index in [-0.39, 0.29) is 0 Å². The first-order valence-corrected chi connectivity index (χ1v) is 8.60. The van der Waals surface area contributed by atoms with Gasteiger partial charge >= 0.3 is 0 Å². The van der Waals surface area contributed by atoms with E-state index < -0.39 is 0 Å². The molecule has 0 saturated carbocycles. The van der Waals surface area contributed by atoms with Gasteiger partial charge in [0.15, 0.2) is 0 Å². The molecule has 0 saturated heterocycles. The summed E-state index contributed by atoms with van der Waals surface area (Å²) in [7, 11) is 0. The molecular weight excluding hydrogens is 320 g/mol. The molecule has 0 N–H and O–H groups in total. The number of fused-ring (bicyclic) bond motifs is 1. The number of unbranched alkanes of at least 4 members (excludes halogenated alkanes) is 1. The van der Waals surface area contributed by atoms with E-state index in [0.29, 0.717) is 5.92 Å². The van der Waals surface area contributed by atoms with Crippen LogP contribution in [0.2, 0.25) is 0 Å². The third-order valence-electron chi connectivity index (χ3n) is 4.33. The molecule has 2 aromatic rings. The number of hydrogen-bond donors (Lipinski definition) is 0. The fraction of sp³-hybridized carbons (Fsp3) is 0.300. The number of hydrogen-bond acceptors (Lipinski definition) is 0. The summed E-state index contributed by atoms with van der Waals surface area (Å²) in [5.74, 6) is 0.513. The van der Waals surface area contributed by atoms with E-state index in [1.165, 1.54) is 45.1 Å². The van der Waals surface area contributed by atoms with Crippen molar-refractivity contribution in [2.75, 3.05) is 0 Å². The Morgan fingerprint density at radius 3 is 2.76 bits per heavy atom. The third-order valence-corrected chi connectivity index (χ3v) is 4.99. The zero-order chi connectivity index (χ0) is 14.8. The average molecular weight is 341 g/mol. The Morgan fingerprint density at radius 1 is 1.14 bits per heavy atom. The van der Waals surface area contributed by atoms with E-state index in [1.807, 2.05) is 0 Å². The molecule has 0 aromatic heterocycles. The molecule has 108 valence electrons. The van der Waals surface area contributed by atoms with Crippen molar-refractivity contribution < 1.29 is 0 Å². The summed E-state index contributed by atoms with van der Waals surface area (Å²) in [6.45, 7) is 4.52. The molecular formula is C20H21Br. The molecule has 0 fully saturated rings. The maximum Gasteiger partial charge on any atom is 0.0256 e. The van der Waals surface area contributed by atoms with Crippen LogP contribution in [0.4, 0.5) is 0 Å². The summed E-state index contributed by atoms with van der Waals surface area (Å²) < 4.78 is 1.21. The Hall–Kier alpha value is -1.34. The van der Waals surface area contributed by atoms with Crippen LogP contribution >= 0.6 is 15.9 Å². The third kappa shape index (κ3) is 2.85. The molecule has 1 heteroatoms. The van der Waals surface area contributed by atoms with Crippen LogP contribution in [0.5, 0.6) is 0 Å². The van der Waals surface area contributed by atoms with Crippen LogP contribution < -0.4 is 0 Å². The fourth-order valence-electron chi connectivity index (χ4n) is 3.08. The molecule has 0 spiro atoms. The van der Waals surface area contributed by atoms with Gasteiger partial charge in [0.2, 0.25) is 0 Å². The molecule has 1 aliphatic carbocycles. The van der Waals surface area contributed by atoms with E-state index in [0.717, 1.165) is 6.42 Å². The smallest absolute Gasteiger partial charge is 0.0256 e. The van der Waals surface area contributed by atoms with Crippen molar-refractivity contribution >= 4 is 22.0 Å². The van der Waals surface area contributed by atoms with Gasteiger partial charge in [-0.05, 0) is 58.7 Å². The van der Waals surface area contributed by atoms with Gasteiger partial charge in [-0.3, -0.25) is 0 Å². The lowest BCUT2D eigenvalue weighted by Crippen LogP contribution is -1.94. The van der Waals surface area contributed by atoms with Crippen LogP contribution in [0.1, 0.15) is 49.3 Å². The molecule has 0 amide bonds. The van der Waals surface area contributed by atoms with Gasteiger partial charge in [-0.25, -0.2) is 0 Å². The zero-order valence-corrected chi connectivity index (χ0v) is 14.3. The summed E-state index contributed by atoms with van der Waals surface area (Å²) in [5.41, 5.74) is 6.96. The van der Waals surface area contributed by atoms with E-state index in [4.69, 9.17) is 0 Å². The predicted octanol–water partition coefficient (Wildman–Crippen LogP) is 6.59. The van der Waals surface area contributed by atoms with Gasteiger partial charge in [0.1, 0.15) is 0 Å². The van der Waals surface area contributed by atoms with Crippen molar-refractivity contribution in [1.82, 2.24) is 0 Å². The number of benzene rings is 2. The highest BCUT2D eigenvalue weighted by molar-refractivity contribution is 9.10. The monoisotopic (exact) mass is 340 g/mol. The summed E-state index contributed by atoms with van der Waals surface area (Å²) in [5, 5.41) is 0. The van der Waals surface area contributed by atoms with Crippen molar-refractivity contribution in [3.05, 3.63) is 63.6 Å². The minimum Gasteiger partial charge on any atom is -0.0766 e. The molecule has 21 heavy (non-hydrogen) atoms. The largest absolute Gasteiger partial charge is 0.0766 e. The standard InChI is InChI=1S/C20H21Br/c1-3-4-7-15-8-5-6-9-17(15)16-12-19-14(2)10-11-18(19)20(21)13-16/h5-6,8-14H,3-4,7H2,1-2H3. The van der Waals surface area contributed by atoms with Crippen LogP contribution in [0.25, 0.3) is 17.2 Å². The summed E-state index contributed by atoms with van der Waals surface area (Å²) in [4.78, 5) is 0. The molecule has 0 heterocycles. The second-order valence-electron chi connectivity index (χ2n) is 5.87. The maximum atomic E-state index is 3.75. The molecule has 0 nitrogen and oxygen atoms in total. The highest BCUT2D eigenvalue weighted by Gasteiger charge is 2.17. The van der Waals surface area contributed by atoms with Gasteiger partial charge in [0.05, 0.1) is 0 Å². The SMILES string of the molecule is CCCCc1ccccc1-c1cc(Br)c2c(c1)C(C)C=C2. The fourth-order valence-corrected chi connectivity index (χ4v) is 3.69. The lowest BCUT2D eigenvalue weighted by molar-refractivity contribution is 0.796. The van der Waals surface area contributed by atoms with Crippen LogP contribution in [0.3, 0.4) is 0 Å². The van der Waals surface area contributed by atoms with Crippen molar-refractivity contribution in [1.29, 1.82) is 0 Å². The van der Waals surface area contributed by atoms with Crippen molar-refractivity contribution in [3.63, 3.8) is 0 Å². The maximum absolute atomic E-state index is 3.75. The first-order valence-electron chi connectivity index (χ1n) is 7.80. The van der Waals surface area contributed by atoms with Crippen molar-refractivity contribution in [2.45, 2.75) is 39.0 Å². The summed E-state index contributed by atoms with van der Waals surface area (Å²) in [6.07, 6.45) is 8.17. The van der Waals surface area contributed by atoms with E-state index in [1.54, 1.807) is 0 Å². The van der Waals surface area contributed by atoms with Crippen molar-refractivity contribution in [2.24, 2.45) is 0 Å². The molecule has 2 aromatic carbocycles. The van der Waals surface area contributed by atoms with Crippen LogP contribution in [-0.2, 0) is 6.42 Å². The number of halogens is 1. The lowest BCUT2D eigenvalue weighted by atomic mass is 9.92. The molecule has 0 bridgehead atoms. The highest BCUT2D eigenvalue weighted by atomic mass is 79.9. The average Bonchev–Trinajstić information content (AvgIpc) is 2.87. The number of allylic oxidation sites excluding steroid dienone is 1. The quantitative estimate of drug-likeness (QED) is 0.588. The summed E-state index contributed by atoms with van der Waals surface area (Å²) >= 11 is 3.75. The molecule has 3 rings (SSSR count). The van der Waals surface area contributed by atoms with E-state index in [2.05, 4.69) is 78.3 Å². The Bertz CT molecular complexity index is 682. The molecule has 0 aliphatic heterocycles. The predicted molar refractivity (Wildman–Crippen MR) is 95.6 cm³/mol. The van der Waals surface area contributed by atoms with Gasteiger partial charge in [-0.1, -0.05) is 72.6 Å². The Morgan fingerprint density at radius 2 is 1.95 bits per heavy atom. The van der Waals surface area contributed by atoms with Gasteiger partial charge in [-0.2, -0.15) is 0 Å². The topological polar surface area (TPSA) is 0 Å². The molecule has 1 unspecified atom stereocenters. The Balaban J connectivity index is 2.06. The Labute approximate surface area is 136 Å². The zero-order valence-electron chi connectivity index (χ0n) is 12.7. The normalized spacial score (nSPS) is 16.2. The first kappa shape index (κ1) is 14.6. The van der Waals surface area contributed by atoms with Gasteiger partial charge in [-0.15, -0.1) is 0 Å². The van der Waals surface area contributed by atoms with Gasteiger partial charge in [0.25, 0.3) is 0 Å². The summed E-state index contributed by atoms with van der Waals surface area (Å²) in [6, 6.07) is 13.5. The van der Waals surface area contributed by atoms with Gasteiger partial charge in [0, 0.05) is 4.47 Å². The van der Waals surface area contributed by atoms with Crippen molar-refractivity contribution in [3.8, 4) is 11.1 Å². The lowest BCUT2D eigenvalue weighted by Gasteiger charge is -2.14. The second kappa shape index (κ2) is 6.19. The molecule has 1 aliphatic rings. The minimum absolute atomic E-state index is 0.513. The second-order valence-corrected chi connectivity index (χ2v) is 6.72. The number of rotatable bonds is 4. The van der Waals surface area contributed by atoms with E-state index in [9.17, 15) is 0 Å². The van der Waals surface area contributed by atoms with Crippen LogP contribution in [0.15, 0.2) is 46.9 Å². The Kier molecular flexibility index (Phi) is 4.30. The highest BCUT2D eigenvalue weighted by Crippen LogP contribution is 2.39. The molecule has 0 radical (unpaired) electrons. The van der Waals surface area contributed by atoms with Crippen LogP contribution in [-0.4, -0.2) is 0 Å². The van der Waals surface area contributed by atoms with Crippen LogP contribution in [0, 0.1) is 0 Å². The minimum atomic E-state index is 0.513. The first-order chi connectivity index (χ1) is 10.2.